The number of rotatable bonds is 9. The van der Waals surface area contributed by atoms with E-state index in [2.05, 4.69) is 83.5 Å². The van der Waals surface area contributed by atoms with Crippen LogP contribution in [0.1, 0.15) is 77.2 Å². The molecule has 1 aromatic carbocycles. The van der Waals surface area contributed by atoms with Crippen molar-refractivity contribution < 1.29 is 13.7 Å². The number of hydrogen-bond acceptors (Lipinski definition) is 4. The summed E-state index contributed by atoms with van der Waals surface area (Å²) >= 11 is 0. The van der Waals surface area contributed by atoms with Crippen LogP contribution >= 0.6 is 0 Å². The first-order chi connectivity index (χ1) is 18.8. The molecule has 0 aromatic heterocycles. The summed E-state index contributed by atoms with van der Waals surface area (Å²) in [4.78, 5) is 6.04. The van der Waals surface area contributed by atoms with Crippen molar-refractivity contribution in [3.8, 4) is 0 Å². The second-order valence-electron chi connectivity index (χ2n) is 16.2. The molecular weight excluding hydrogens is 527 g/mol. The van der Waals surface area contributed by atoms with E-state index < -0.39 is 16.6 Å². The van der Waals surface area contributed by atoms with Gasteiger partial charge in [-0.3, -0.25) is 0 Å². The van der Waals surface area contributed by atoms with Crippen molar-refractivity contribution in [2.45, 2.75) is 124 Å². The van der Waals surface area contributed by atoms with Crippen LogP contribution in [0.25, 0.3) is 0 Å². The highest BCUT2D eigenvalue weighted by Crippen LogP contribution is 2.67. The summed E-state index contributed by atoms with van der Waals surface area (Å²) in [7, 11) is -3.15. The van der Waals surface area contributed by atoms with Crippen LogP contribution in [0.4, 0.5) is 0 Å². The third-order valence-corrected chi connectivity index (χ3v) is 13.5. The number of nitrogens with zero attached hydrogens (tertiary/aromatic N) is 1. The highest BCUT2D eigenvalue weighted by molar-refractivity contribution is 6.70. The molecule has 4 fully saturated rings. The fourth-order valence-corrected chi connectivity index (χ4v) is 11.4. The molecule has 0 N–H and O–H groups in total. The molecule has 8 atom stereocenters. The fourth-order valence-electron chi connectivity index (χ4n) is 9.62. The second-order valence-corrected chi connectivity index (χ2v) is 25.2. The van der Waals surface area contributed by atoms with Crippen molar-refractivity contribution in [1.29, 1.82) is 0 Å². The zero-order valence-electron chi connectivity index (χ0n) is 26.8. The van der Waals surface area contributed by atoms with Gasteiger partial charge in [-0.15, -0.1) is 0 Å². The molecule has 5 rings (SSSR count). The largest absolute Gasteiger partial charge is 0.415 e. The molecule has 0 amide bonds. The van der Waals surface area contributed by atoms with Crippen LogP contribution in [0.3, 0.4) is 0 Å². The summed E-state index contributed by atoms with van der Waals surface area (Å²) in [6, 6.07) is 10.4. The standard InChI is InChI=1S/C34H57NO3Si2/c1-33-20-18-27(38-40(6,7)8)22-26(33)14-15-28-29-16-17-31(34(29,2)21-19-30(28)33)32(24-37-39(3,4)5)35-36-23-25-12-10-9-11-13-25/h9-13,26-31H,14-24H2,1-8H3/b35-32-/t26-,27-,28+,29+,30+,31-,33+,34+/m1/s1. The Balaban J connectivity index is 1.31. The molecule has 40 heavy (non-hydrogen) atoms. The summed E-state index contributed by atoms with van der Waals surface area (Å²) < 4.78 is 13.1. The van der Waals surface area contributed by atoms with E-state index in [1.807, 2.05) is 0 Å². The maximum Gasteiger partial charge on any atom is 0.184 e. The van der Waals surface area contributed by atoms with Crippen LogP contribution in [0.15, 0.2) is 35.5 Å². The number of benzene rings is 1. The average Bonchev–Trinajstić information content (AvgIpc) is 3.22. The molecule has 4 aliphatic carbocycles. The van der Waals surface area contributed by atoms with E-state index in [0.29, 0.717) is 36.1 Å². The van der Waals surface area contributed by atoms with Gasteiger partial charge in [0, 0.05) is 12.0 Å². The minimum Gasteiger partial charge on any atom is -0.415 e. The molecular formula is C34H57NO3Si2. The van der Waals surface area contributed by atoms with Crippen molar-refractivity contribution in [2.24, 2.45) is 45.6 Å². The summed E-state index contributed by atoms with van der Waals surface area (Å²) in [5.74, 6) is 3.86. The summed E-state index contributed by atoms with van der Waals surface area (Å²) in [5, 5.41) is 4.86. The minimum absolute atomic E-state index is 0.306. The zero-order chi connectivity index (χ0) is 28.8. The Morgan fingerprint density at radius 3 is 2.23 bits per heavy atom. The maximum absolute atomic E-state index is 6.65. The lowest BCUT2D eigenvalue weighted by Gasteiger charge is -2.61. The molecule has 0 aliphatic heterocycles. The minimum atomic E-state index is -1.66. The highest BCUT2D eigenvalue weighted by Gasteiger charge is 2.61. The van der Waals surface area contributed by atoms with Gasteiger partial charge in [0.25, 0.3) is 0 Å². The Kier molecular flexibility index (Phi) is 8.86. The molecule has 0 saturated heterocycles. The van der Waals surface area contributed by atoms with Gasteiger partial charge in [-0.2, -0.15) is 0 Å². The Bertz CT molecular complexity index is 1030. The van der Waals surface area contributed by atoms with Crippen molar-refractivity contribution in [3.05, 3.63) is 35.9 Å². The molecule has 0 unspecified atom stereocenters. The number of oxime groups is 1. The molecule has 4 aliphatic rings. The van der Waals surface area contributed by atoms with Crippen LogP contribution in [0, 0.1) is 40.4 Å². The monoisotopic (exact) mass is 583 g/mol. The Morgan fingerprint density at radius 1 is 0.825 bits per heavy atom. The predicted molar refractivity (Wildman–Crippen MR) is 171 cm³/mol. The van der Waals surface area contributed by atoms with Crippen molar-refractivity contribution >= 4 is 22.3 Å². The lowest BCUT2D eigenvalue weighted by molar-refractivity contribution is -0.121. The normalized spacial score (nSPS) is 38.4. The van der Waals surface area contributed by atoms with E-state index in [4.69, 9.17) is 18.8 Å². The topological polar surface area (TPSA) is 40.0 Å². The van der Waals surface area contributed by atoms with Gasteiger partial charge in [0.05, 0.1) is 12.3 Å². The van der Waals surface area contributed by atoms with Crippen molar-refractivity contribution in [3.63, 3.8) is 0 Å². The van der Waals surface area contributed by atoms with E-state index in [-0.39, 0.29) is 0 Å². The van der Waals surface area contributed by atoms with Gasteiger partial charge in [-0.25, -0.2) is 0 Å². The Morgan fingerprint density at radius 2 is 1.52 bits per heavy atom. The highest BCUT2D eigenvalue weighted by atomic mass is 28.4. The molecule has 4 saturated carbocycles. The van der Waals surface area contributed by atoms with Crippen LogP contribution < -0.4 is 0 Å². The van der Waals surface area contributed by atoms with Gasteiger partial charge < -0.3 is 13.7 Å². The summed E-state index contributed by atoms with van der Waals surface area (Å²) in [6.45, 7) is 20.4. The number of hydrogen-bond donors (Lipinski definition) is 0. The Hall–Kier alpha value is -0.956. The van der Waals surface area contributed by atoms with Gasteiger partial charge in [-0.1, -0.05) is 49.3 Å². The third-order valence-electron chi connectivity index (χ3n) is 11.4. The van der Waals surface area contributed by atoms with E-state index in [1.54, 1.807) is 0 Å². The van der Waals surface area contributed by atoms with Gasteiger partial charge in [0.1, 0.15) is 6.61 Å². The predicted octanol–water partition coefficient (Wildman–Crippen LogP) is 9.29. The van der Waals surface area contributed by atoms with Crippen LogP contribution in [-0.2, 0) is 20.3 Å². The lowest BCUT2D eigenvalue weighted by Crippen LogP contribution is -2.55. The fraction of sp³-hybridized carbons (Fsp3) is 0.794. The molecule has 0 spiro atoms. The van der Waals surface area contributed by atoms with Crippen LogP contribution in [0.2, 0.25) is 39.3 Å². The number of fused-ring (bicyclic) bond motifs is 5. The first-order valence-corrected chi connectivity index (χ1v) is 23.1. The SMILES string of the molecule is C[C@]12CC[C@@H](O[Si](C)(C)C)C[C@H]1CC[C@@H]1[C@@H]2CC[C@]2(C)[C@@H](/C(CO[Si](C)(C)C)=N\OCc3ccccc3)CC[C@@H]12. The molecule has 0 bridgehead atoms. The van der Waals surface area contributed by atoms with Gasteiger partial charge >= 0.3 is 0 Å². The van der Waals surface area contributed by atoms with Crippen molar-refractivity contribution in [2.75, 3.05) is 6.61 Å². The van der Waals surface area contributed by atoms with Crippen LogP contribution in [-0.4, -0.2) is 35.1 Å². The van der Waals surface area contributed by atoms with Gasteiger partial charge in [-0.05, 0) is 137 Å². The average molecular weight is 584 g/mol. The van der Waals surface area contributed by atoms with Gasteiger partial charge in [0.15, 0.2) is 16.6 Å². The molecule has 4 nitrogen and oxygen atoms in total. The smallest absolute Gasteiger partial charge is 0.184 e. The molecule has 6 heteroatoms. The third kappa shape index (κ3) is 6.50. The molecule has 1 aromatic rings. The Labute approximate surface area is 247 Å². The van der Waals surface area contributed by atoms with E-state index in [9.17, 15) is 0 Å². The molecule has 224 valence electrons. The van der Waals surface area contributed by atoms with E-state index in [1.165, 1.54) is 69.1 Å². The summed E-state index contributed by atoms with van der Waals surface area (Å²) in [6.07, 6.45) is 12.6. The van der Waals surface area contributed by atoms with E-state index >= 15 is 0 Å². The molecule has 0 heterocycles. The van der Waals surface area contributed by atoms with Crippen LogP contribution in [0.5, 0.6) is 0 Å². The van der Waals surface area contributed by atoms with E-state index in [0.717, 1.165) is 23.7 Å². The maximum atomic E-state index is 6.65. The summed E-state index contributed by atoms with van der Waals surface area (Å²) in [5.41, 5.74) is 3.15. The van der Waals surface area contributed by atoms with Gasteiger partial charge in [0.2, 0.25) is 0 Å². The second kappa shape index (κ2) is 11.6. The first kappa shape index (κ1) is 30.5. The quantitative estimate of drug-likeness (QED) is 0.165. The molecule has 0 radical (unpaired) electrons. The zero-order valence-corrected chi connectivity index (χ0v) is 28.8. The van der Waals surface area contributed by atoms with Crippen molar-refractivity contribution in [1.82, 2.24) is 0 Å². The lowest BCUT2D eigenvalue weighted by atomic mass is 9.44. The first-order valence-electron chi connectivity index (χ1n) is 16.3.